The zero-order valence-electron chi connectivity index (χ0n) is 15.1. The number of carbonyl (C=O) groups is 1. The van der Waals surface area contributed by atoms with E-state index >= 15 is 0 Å². The number of furan rings is 1. The van der Waals surface area contributed by atoms with Gasteiger partial charge in [-0.3, -0.25) is 4.79 Å². The predicted molar refractivity (Wildman–Crippen MR) is 101 cm³/mol. The Bertz CT molecular complexity index is 1180. The minimum absolute atomic E-state index is 0.110. The molecule has 0 bridgehead atoms. The van der Waals surface area contributed by atoms with Crippen molar-refractivity contribution in [2.24, 2.45) is 0 Å². The molecule has 4 rings (SSSR count). The molecule has 0 aliphatic rings. The molecule has 0 saturated carbocycles. The molecular formula is C20H13F2N3O3S. The minimum Gasteiger partial charge on any atom is -0.463 e. The first-order chi connectivity index (χ1) is 14.0. The highest BCUT2D eigenvalue weighted by Crippen LogP contribution is 2.32. The van der Waals surface area contributed by atoms with E-state index in [-0.39, 0.29) is 11.3 Å². The molecule has 9 heteroatoms. The zero-order valence-corrected chi connectivity index (χ0v) is 15.9. The molecule has 0 atom stereocenters. The minimum atomic E-state index is -0.899. The summed E-state index contributed by atoms with van der Waals surface area (Å²) < 4.78 is 37.6. The van der Waals surface area contributed by atoms with E-state index < -0.39 is 17.4 Å². The van der Waals surface area contributed by atoms with E-state index in [2.05, 4.69) is 15.1 Å². The second-order valence-electron chi connectivity index (χ2n) is 6.06. The molecule has 0 N–H and O–H groups in total. The number of hydrogen-bond donors (Lipinski definition) is 0. The van der Waals surface area contributed by atoms with E-state index in [4.69, 9.17) is 8.94 Å². The number of halogens is 2. The van der Waals surface area contributed by atoms with Crippen LogP contribution in [0.5, 0.6) is 0 Å². The van der Waals surface area contributed by atoms with Crippen LogP contribution in [0.15, 0.2) is 63.0 Å². The van der Waals surface area contributed by atoms with Crippen molar-refractivity contribution >= 4 is 17.5 Å². The van der Waals surface area contributed by atoms with Crippen LogP contribution in [-0.4, -0.2) is 26.7 Å². The summed E-state index contributed by atoms with van der Waals surface area (Å²) in [6.45, 7) is 1.80. The number of aromatic nitrogens is 3. The van der Waals surface area contributed by atoms with Gasteiger partial charge >= 0.3 is 0 Å². The molecule has 6 nitrogen and oxygen atoms in total. The Balaban J connectivity index is 1.60. The van der Waals surface area contributed by atoms with Gasteiger partial charge in [0.05, 0.1) is 28.8 Å². The van der Waals surface area contributed by atoms with Crippen LogP contribution in [0.4, 0.5) is 8.78 Å². The highest BCUT2D eigenvalue weighted by atomic mass is 32.2. The topological polar surface area (TPSA) is 82.0 Å². The van der Waals surface area contributed by atoms with Crippen LogP contribution in [0, 0.1) is 18.6 Å². The number of carbonyl (C=O) groups excluding carboxylic acids is 1. The van der Waals surface area contributed by atoms with Gasteiger partial charge in [-0.15, -0.1) is 0 Å². The summed E-state index contributed by atoms with van der Waals surface area (Å²) in [6.07, 6.45) is 3.07. The molecule has 1 aromatic carbocycles. The zero-order chi connectivity index (χ0) is 20.4. The van der Waals surface area contributed by atoms with Crippen molar-refractivity contribution in [1.29, 1.82) is 0 Å². The summed E-state index contributed by atoms with van der Waals surface area (Å²) in [5.74, 6) is -1.27. The average Bonchev–Trinajstić information content (AvgIpc) is 3.38. The average molecular weight is 413 g/mol. The van der Waals surface area contributed by atoms with Crippen LogP contribution in [-0.2, 0) is 0 Å². The Morgan fingerprint density at radius 3 is 2.72 bits per heavy atom. The van der Waals surface area contributed by atoms with Crippen LogP contribution >= 0.6 is 11.8 Å². The number of nitrogens with zero attached hydrogens (tertiary/aromatic N) is 3. The fraction of sp³-hybridized carbons (Fsp3) is 0.100. The molecule has 3 heterocycles. The van der Waals surface area contributed by atoms with Crippen molar-refractivity contribution in [2.75, 3.05) is 5.75 Å². The third-order valence-corrected chi connectivity index (χ3v) is 4.84. The fourth-order valence-corrected chi connectivity index (χ4v) is 3.33. The molecule has 0 radical (unpaired) electrons. The summed E-state index contributed by atoms with van der Waals surface area (Å²) in [6, 6.07) is 8.05. The number of benzene rings is 1. The maximum absolute atomic E-state index is 13.8. The van der Waals surface area contributed by atoms with Gasteiger partial charge in [-0.2, -0.15) is 0 Å². The van der Waals surface area contributed by atoms with Gasteiger partial charge in [-0.05, 0) is 31.2 Å². The summed E-state index contributed by atoms with van der Waals surface area (Å²) in [4.78, 5) is 21.0. The normalized spacial score (nSPS) is 11.0. The lowest BCUT2D eigenvalue weighted by Crippen LogP contribution is -2.06. The summed E-state index contributed by atoms with van der Waals surface area (Å²) in [5.41, 5.74) is 1.58. The Morgan fingerprint density at radius 1 is 1.17 bits per heavy atom. The molecule has 0 aliphatic carbocycles. The van der Waals surface area contributed by atoms with Crippen LogP contribution in [0.25, 0.3) is 22.8 Å². The Kier molecular flexibility index (Phi) is 5.22. The standard InChI is InChI=1S/C20H13F2N3O3S/c1-11-7-18(28-25-11)14-9-23-20(24-19(14)17-3-2-6-27-17)29-10-16(26)13-5-4-12(21)8-15(13)22/h2-9H,10H2,1H3. The number of hydrogen-bond acceptors (Lipinski definition) is 7. The first-order valence-corrected chi connectivity index (χ1v) is 9.45. The van der Waals surface area contributed by atoms with E-state index in [1.807, 2.05) is 0 Å². The van der Waals surface area contributed by atoms with Crippen molar-refractivity contribution in [3.8, 4) is 22.8 Å². The number of rotatable bonds is 6. The lowest BCUT2D eigenvalue weighted by atomic mass is 10.1. The molecule has 0 amide bonds. The maximum Gasteiger partial charge on any atom is 0.188 e. The van der Waals surface area contributed by atoms with Crippen molar-refractivity contribution < 1.29 is 22.5 Å². The Morgan fingerprint density at radius 2 is 2.03 bits per heavy atom. The second-order valence-corrected chi connectivity index (χ2v) is 7.00. The fourth-order valence-electron chi connectivity index (χ4n) is 2.63. The monoisotopic (exact) mass is 413 g/mol. The highest BCUT2D eigenvalue weighted by molar-refractivity contribution is 7.99. The van der Waals surface area contributed by atoms with E-state index in [1.54, 1.807) is 31.3 Å². The first-order valence-electron chi connectivity index (χ1n) is 8.47. The summed E-state index contributed by atoms with van der Waals surface area (Å²) in [7, 11) is 0. The van der Waals surface area contributed by atoms with Crippen molar-refractivity contribution in [3.63, 3.8) is 0 Å². The molecular weight excluding hydrogens is 400 g/mol. The van der Waals surface area contributed by atoms with E-state index in [0.29, 0.717) is 39.7 Å². The van der Waals surface area contributed by atoms with Gasteiger partial charge in [0.15, 0.2) is 22.5 Å². The van der Waals surface area contributed by atoms with Crippen LogP contribution in [0.1, 0.15) is 16.1 Å². The van der Waals surface area contributed by atoms with Gasteiger partial charge in [-0.1, -0.05) is 16.9 Å². The predicted octanol–water partition coefficient (Wildman–Crippen LogP) is 4.95. The molecule has 0 saturated heterocycles. The lowest BCUT2D eigenvalue weighted by Gasteiger charge is -2.06. The number of thioether (sulfide) groups is 1. The second kappa shape index (κ2) is 7.96. The van der Waals surface area contributed by atoms with E-state index in [0.717, 1.165) is 23.9 Å². The van der Waals surface area contributed by atoms with Gasteiger partial charge in [0.1, 0.15) is 17.3 Å². The van der Waals surface area contributed by atoms with Crippen molar-refractivity contribution in [1.82, 2.24) is 15.1 Å². The molecule has 0 aliphatic heterocycles. The van der Waals surface area contributed by atoms with Crippen molar-refractivity contribution in [2.45, 2.75) is 12.1 Å². The Labute approximate surface area is 168 Å². The third-order valence-electron chi connectivity index (χ3n) is 3.98. The number of aryl methyl sites for hydroxylation is 1. The molecule has 3 aromatic heterocycles. The molecule has 29 heavy (non-hydrogen) atoms. The molecule has 146 valence electrons. The summed E-state index contributed by atoms with van der Waals surface area (Å²) >= 11 is 1.04. The molecule has 0 fully saturated rings. The van der Waals surface area contributed by atoms with Gasteiger partial charge in [0.25, 0.3) is 0 Å². The third kappa shape index (κ3) is 4.09. The lowest BCUT2D eigenvalue weighted by molar-refractivity contribution is 0.101. The number of ketones is 1. The van der Waals surface area contributed by atoms with Crippen LogP contribution < -0.4 is 0 Å². The smallest absolute Gasteiger partial charge is 0.188 e. The van der Waals surface area contributed by atoms with Gasteiger partial charge in [0.2, 0.25) is 0 Å². The van der Waals surface area contributed by atoms with E-state index in [9.17, 15) is 13.6 Å². The molecule has 4 aromatic rings. The maximum atomic E-state index is 13.8. The van der Waals surface area contributed by atoms with Gasteiger partial charge < -0.3 is 8.94 Å². The first kappa shape index (κ1) is 19.0. The highest BCUT2D eigenvalue weighted by Gasteiger charge is 2.19. The van der Waals surface area contributed by atoms with Crippen LogP contribution in [0.2, 0.25) is 0 Å². The number of Topliss-reactive ketones (excluding diaryl/α,β-unsaturated/α-hetero) is 1. The molecule has 0 spiro atoms. The summed E-state index contributed by atoms with van der Waals surface area (Å²) in [5, 5.41) is 4.17. The van der Waals surface area contributed by atoms with Gasteiger partial charge in [-0.25, -0.2) is 18.7 Å². The van der Waals surface area contributed by atoms with Gasteiger partial charge in [0, 0.05) is 18.3 Å². The SMILES string of the molecule is Cc1cc(-c2cnc(SCC(=O)c3ccc(F)cc3F)nc2-c2ccco2)on1. The Hall–Kier alpha value is -3.33. The largest absolute Gasteiger partial charge is 0.463 e. The molecule has 0 unspecified atom stereocenters. The van der Waals surface area contributed by atoms with Crippen LogP contribution in [0.3, 0.4) is 0 Å². The van der Waals surface area contributed by atoms with Crippen molar-refractivity contribution in [3.05, 3.63) is 71.8 Å². The van der Waals surface area contributed by atoms with E-state index in [1.165, 1.54) is 6.26 Å². The quantitative estimate of drug-likeness (QED) is 0.251.